The van der Waals surface area contributed by atoms with Gasteiger partial charge in [0.25, 0.3) is 0 Å². The number of nitrogens with two attached hydrogens (primary N) is 1. The largest absolute Gasteiger partial charge is 0.366 e. The Morgan fingerprint density at radius 2 is 2.41 bits per heavy atom. The summed E-state index contributed by atoms with van der Waals surface area (Å²) in [6.07, 6.45) is 1.22. The van der Waals surface area contributed by atoms with Gasteiger partial charge in [0, 0.05) is 23.4 Å². The zero-order chi connectivity index (χ0) is 12.3. The molecule has 1 heterocycles. The van der Waals surface area contributed by atoms with Crippen LogP contribution in [0.5, 0.6) is 0 Å². The van der Waals surface area contributed by atoms with Gasteiger partial charge in [0.1, 0.15) is 0 Å². The van der Waals surface area contributed by atoms with Crippen LogP contribution in [-0.4, -0.2) is 23.0 Å². The van der Waals surface area contributed by atoms with Crippen molar-refractivity contribution in [2.75, 3.05) is 5.75 Å². The minimum absolute atomic E-state index is 0.364. The highest BCUT2D eigenvalue weighted by Crippen LogP contribution is 2.26. The van der Waals surface area contributed by atoms with Crippen LogP contribution < -0.4 is 11.1 Å². The van der Waals surface area contributed by atoms with Gasteiger partial charge in [-0.15, -0.1) is 0 Å². The standard InChI is InChI=1S/C13H18N2OS/c1-9-12(5-6-17-9)15-8-10-3-2-4-11(7-10)13(14)16/h2-4,7,9,12,15H,5-6,8H2,1H3,(H2,14,16). The zero-order valence-electron chi connectivity index (χ0n) is 9.98. The van der Waals surface area contributed by atoms with Crippen LogP contribution in [0, 0.1) is 0 Å². The summed E-state index contributed by atoms with van der Waals surface area (Å²) in [6.45, 7) is 3.06. The quantitative estimate of drug-likeness (QED) is 0.856. The van der Waals surface area contributed by atoms with E-state index in [1.807, 2.05) is 30.0 Å². The number of amides is 1. The number of carbonyl (C=O) groups excluding carboxylic acids is 1. The Hall–Kier alpha value is -1.00. The summed E-state index contributed by atoms with van der Waals surface area (Å²) in [4.78, 5) is 11.1. The van der Waals surface area contributed by atoms with Gasteiger partial charge in [-0.25, -0.2) is 0 Å². The Labute approximate surface area is 106 Å². The molecule has 4 heteroatoms. The molecule has 17 heavy (non-hydrogen) atoms. The van der Waals surface area contributed by atoms with Crippen LogP contribution in [0.4, 0.5) is 0 Å². The summed E-state index contributed by atoms with van der Waals surface area (Å²) in [5.41, 5.74) is 6.96. The van der Waals surface area contributed by atoms with E-state index in [1.165, 1.54) is 12.2 Å². The fourth-order valence-electron chi connectivity index (χ4n) is 2.08. The third-order valence-corrected chi connectivity index (χ3v) is 4.48. The monoisotopic (exact) mass is 250 g/mol. The van der Waals surface area contributed by atoms with Gasteiger partial charge in [-0.3, -0.25) is 4.79 Å². The van der Waals surface area contributed by atoms with Crippen LogP contribution in [0.15, 0.2) is 24.3 Å². The molecule has 0 radical (unpaired) electrons. The highest BCUT2D eigenvalue weighted by molar-refractivity contribution is 8.00. The van der Waals surface area contributed by atoms with E-state index in [2.05, 4.69) is 12.2 Å². The molecular weight excluding hydrogens is 232 g/mol. The highest BCUT2D eigenvalue weighted by Gasteiger charge is 2.22. The molecule has 3 nitrogen and oxygen atoms in total. The summed E-state index contributed by atoms with van der Waals surface area (Å²) in [6, 6.07) is 8.09. The molecule has 1 aliphatic heterocycles. The molecule has 1 aromatic rings. The predicted molar refractivity (Wildman–Crippen MR) is 72.1 cm³/mol. The summed E-state index contributed by atoms with van der Waals surface area (Å²) in [5.74, 6) is 0.872. The second-order valence-corrected chi connectivity index (χ2v) is 5.90. The molecule has 0 saturated carbocycles. The SMILES string of the molecule is CC1SCCC1NCc1cccc(C(N)=O)c1. The molecule has 2 unspecified atom stereocenters. The van der Waals surface area contributed by atoms with E-state index in [1.54, 1.807) is 6.07 Å². The summed E-state index contributed by atoms with van der Waals surface area (Å²) >= 11 is 2.01. The normalized spacial score (nSPS) is 23.8. The second-order valence-electron chi connectivity index (χ2n) is 4.42. The molecule has 0 bridgehead atoms. The third kappa shape index (κ3) is 3.23. The minimum Gasteiger partial charge on any atom is -0.366 e. The average Bonchev–Trinajstić information content (AvgIpc) is 2.72. The van der Waals surface area contributed by atoms with Crippen molar-refractivity contribution in [2.24, 2.45) is 5.73 Å². The van der Waals surface area contributed by atoms with Crippen molar-refractivity contribution < 1.29 is 4.79 Å². The molecule has 0 aliphatic carbocycles. The number of hydrogen-bond acceptors (Lipinski definition) is 3. The van der Waals surface area contributed by atoms with Gasteiger partial charge in [-0.2, -0.15) is 11.8 Å². The van der Waals surface area contributed by atoms with E-state index in [4.69, 9.17) is 5.73 Å². The number of rotatable bonds is 4. The first kappa shape index (κ1) is 12.5. The molecule has 1 fully saturated rings. The molecule has 1 aromatic carbocycles. The Bertz CT molecular complexity index is 408. The molecule has 0 spiro atoms. The van der Waals surface area contributed by atoms with Crippen LogP contribution in [-0.2, 0) is 6.54 Å². The smallest absolute Gasteiger partial charge is 0.248 e. The first-order valence-corrected chi connectivity index (χ1v) is 6.95. The van der Waals surface area contributed by atoms with E-state index in [-0.39, 0.29) is 5.91 Å². The van der Waals surface area contributed by atoms with E-state index >= 15 is 0 Å². The van der Waals surface area contributed by atoms with Crippen molar-refractivity contribution in [3.8, 4) is 0 Å². The molecule has 2 atom stereocenters. The van der Waals surface area contributed by atoms with Gasteiger partial charge < -0.3 is 11.1 Å². The van der Waals surface area contributed by atoms with E-state index in [0.717, 1.165) is 12.1 Å². The van der Waals surface area contributed by atoms with Crippen molar-refractivity contribution in [1.29, 1.82) is 0 Å². The number of hydrogen-bond donors (Lipinski definition) is 2. The summed E-state index contributed by atoms with van der Waals surface area (Å²) < 4.78 is 0. The van der Waals surface area contributed by atoms with Crippen molar-refractivity contribution in [2.45, 2.75) is 31.2 Å². The van der Waals surface area contributed by atoms with Crippen molar-refractivity contribution in [3.05, 3.63) is 35.4 Å². The molecule has 1 amide bonds. The number of benzene rings is 1. The van der Waals surface area contributed by atoms with Gasteiger partial charge >= 0.3 is 0 Å². The molecule has 2 rings (SSSR count). The van der Waals surface area contributed by atoms with Crippen LogP contribution in [0.1, 0.15) is 29.3 Å². The highest BCUT2D eigenvalue weighted by atomic mass is 32.2. The fraction of sp³-hybridized carbons (Fsp3) is 0.462. The topological polar surface area (TPSA) is 55.1 Å². The number of nitrogens with one attached hydrogen (secondary N) is 1. The first-order chi connectivity index (χ1) is 8.16. The van der Waals surface area contributed by atoms with E-state index in [0.29, 0.717) is 16.9 Å². The Morgan fingerprint density at radius 1 is 1.59 bits per heavy atom. The summed E-state index contributed by atoms with van der Waals surface area (Å²) in [7, 11) is 0. The fourth-order valence-corrected chi connectivity index (χ4v) is 3.31. The molecule has 0 aromatic heterocycles. The van der Waals surface area contributed by atoms with Crippen LogP contribution >= 0.6 is 11.8 Å². The minimum atomic E-state index is -0.364. The molecule has 3 N–H and O–H groups in total. The van der Waals surface area contributed by atoms with E-state index < -0.39 is 0 Å². The van der Waals surface area contributed by atoms with E-state index in [9.17, 15) is 4.79 Å². The molecule has 92 valence electrons. The molecular formula is C13H18N2OS. The number of carbonyl (C=O) groups is 1. The predicted octanol–water partition coefficient (Wildman–Crippen LogP) is 1.77. The Balaban J connectivity index is 1.94. The van der Waals surface area contributed by atoms with Gasteiger partial charge in [-0.1, -0.05) is 19.1 Å². The lowest BCUT2D eigenvalue weighted by molar-refractivity contribution is 0.1000. The number of primary amides is 1. The van der Waals surface area contributed by atoms with Crippen molar-refractivity contribution in [3.63, 3.8) is 0 Å². The average molecular weight is 250 g/mol. The number of thioether (sulfide) groups is 1. The summed E-state index contributed by atoms with van der Waals surface area (Å²) in [5, 5.41) is 4.22. The zero-order valence-corrected chi connectivity index (χ0v) is 10.8. The lowest BCUT2D eigenvalue weighted by atomic mass is 10.1. The second kappa shape index (κ2) is 5.56. The van der Waals surface area contributed by atoms with Crippen molar-refractivity contribution >= 4 is 17.7 Å². The lowest BCUT2D eigenvalue weighted by Crippen LogP contribution is -2.32. The van der Waals surface area contributed by atoms with Crippen LogP contribution in [0.2, 0.25) is 0 Å². The molecule has 1 saturated heterocycles. The van der Waals surface area contributed by atoms with Gasteiger partial charge in [0.05, 0.1) is 0 Å². The maximum absolute atomic E-state index is 11.1. The van der Waals surface area contributed by atoms with Gasteiger partial charge in [0.15, 0.2) is 0 Å². The van der Waals surface area contributed by atoms with Crippen LogP contribution in [0.3, 0.4) is 0 Å². The first-order valence-electron chi connectivity index (χ1n) is 5.90. The van der Waals surface area contributed by atoms with Crippen molar-refractivity contribution in [1.82, 2.24) is 5.32 Å². The van der Waals surface area contributed by atoms with Crippen LogP contribution in [0.25, 0.3) is 0 Å². The third-order valence-electron chi connectivity index (χ3n) is 3.16. The molecule has 1 aliphatic rings. The maximum atomic E-state index is 11.1. The Morgan fingerprint density at radius 3 is 3.06 bits per heavy atom. The Kier molecular flexibility index (Phi) is 4.07. The maximum Gasteiger partial charge on any atom is 0.248 e. The van der Waals surface area contributed by atoms with Gasteiger partial charge in [0.2, 0.25) is 5.91 Å². The lowest BCUT2D eigenvalue weighted by Gasteiger charge is -2.16. The van der Waals surface area contributed by atoms with Gasteiger partial charge in [-0.05, 0) is 29.9 Å².